The lowest BCUT2D eigenvalue weighted by molar-refractivity contribution is -0.116. The van der Waals surface area contributed by atoms with Crippen LogP contribution in [0.2, 0.25) is 0 Å². The summed E-state index contributed by atoms with van der Waals surface area (Å²) in [6, 6.07) is 22.6. The molecule has 0 saturated carbocycles. The first-order valence-corrected chi connectivity index (χ1v) is 10.3. The van der Waals surface area contributed by atoms with E-state index in [4.69, 9.17) is 5.26 Å². The van der Waals surface area contributed by atoms with Crippen molar-refractivity contribution >= 4 is 17.4 Å². The molecule has 1 amide bonds. The lowest BCUT2D eigenvalue weighted by Crippen LogP contribution is -2.27. The number of Topliss-reactive ketones (excluding diaryl/α,β-unsaturated/α-hetero) is 1. The summed E-state index contributed by atoms with van der Waals surface area (Å²) in [5.74, 6) is -0.476. The van der Waals surface area contributed by atoms with Crippen molar-refractivity contribution in [2.24, 2.45) is 0 Å². The lowest BCUT2D eigenvalue weighted by Gasteiger charge is -2.22. The molecular weight excluding hydrogens is 405 g/mol. The molecule has 3 aromatic carbocycles. The van der Waals surface area contributed by atoms with E-state index in [1.54, 1.807) is 42.5 Å². The van der Waals surface area contributed by atoms with Gasteiger partial charge >= 0.3 is 0 Å². The molecule has 32 heavy (non-hydrogen) atoms. The molecule has 0 aliphatic carbocycles. The molecule has 3 rings (SSSR count). The Balaban J connectivity index is 1.64. The van der Waals surface area contributed by atoms with Crippen molar-refractivity contribution in [3.05, 3.63) is 101 Å². The van der Waals surface area contributed by atoms with Crippen LogP contribution in [0.5, 0.6) is 0 Å². The standard InChI is InChI=1S/C26H24FN3O2/c1-19(31)23-9-11-25(12-10-23)29-26(32)13-14-30(18-22-3-2-4-24(27)15-22)17-21-7-5-20(16-28)6-8-21/h2-12,15H,13-14,17-18H2,1H3,(H,29,32). The van der Waals surface area contributed by atoms with Gasteiger partial charge in [-0.25, -0.2) is 4.39 Å². The fraction of sp³-hybridized carbons (Fsp3) is 0.192. The molecule has 0 saturated heterocycles. The van der Waals surface area contributed by atoms with Crippen molar-refractivity contribution < 1.29 is 14.0 Å². The maximum Gasteiger partial charge on any atom is 0.225 e. The molecule has 0 spiro atoms. The van der Waals surface area contributed by atoms with Gasteiger partial charge in [0.1, 0.15) is 5.82 Å². The normalized spacial score (nSPS) is 10.6. The van der Waals surface area contributed by atoms with E-state index in [0.29, 0.717) is 36.4 Å². The number of benzene rings is 3. The van der Waals surface area contributed by atoms with Gasteiger partial charge in [0.25, 0.3) is 0 Å². The number of anilines is 1. The van der Waals surface area contributed by atoms with E-state index in [-0.39, 0.29) is 23.9 Å². The molecule has 3 aromatic rings. The molecule has 0 atom stereocenters. The van der Waals surface area contributed by atoms with Gasteiger partial charge in [-0.3, -0.25) is 14.5 Å². The average Bonchev–Trinajstić information content (AvgIpc) is 2.78. The zero-order chi connectivity index (χ0) is 22.9. The van der Waals surface area contributed by atoms with Gasteiger partial charge in [0.05, 0.1) is 11.6 Å². The molecule has 5 nitrogen and oxygen atoms in total. The number of nitriles is 1. The Morgan fingerprint density at radius 3 is 2.28 bits per heavy atom. The third-order valence-corrected chi connectivity index (χ3v) is 5.01. The van der Waals surface area contributed by atoms with Gasteiger partial charge in [-0.2, -0.15) is 5.26 Å². The highest BCUT2D eigenvalue weighted by Gasteiger charge is 2.12. The third kappa shape index (κ3) is 6.86. The average molecular weight is 429 g/mol. The SMILES string of the molecule is CC(=O)c1ccc(NC(=O)CCN(Cc2ccc(C#N)cc2)Cc2cccc(F)c2)cc1. The third-order valence-electron chi connectivity index (χ3n) is 5.01. The van der Waals surface area contributed by atoms with E-state index in [0.717, 1.165) is 11.1 Å². The summed E-state index contributed by atoms with van der Waals surface area (Å²) in [5, 5.41) is 11.8. The van der Waals surface area contributed by atoms with E-state index in [2.05, 4.69) is 16.3 Å². The van der Waals surface area contributed by atoms with Gasteiger partial charge in [0.15, 0.2) is 5.78 Å². The largest absolute Gasteiger partial charge is 0.326 e. The first kappa shape index (κ1) is 22.9. The number of nitrogens with zero attached hydrogens (tertiary/aromatic N) is 2. The second kappa shape index (κ2) is 11.0. The first-order chi connectivity index (χ1) is 15.4. The van der Waals surface area contributed by atoms with Crippen molar-refractivity contribution in [1.82, 2.24) is 4.90 Å². The molecule has 0 aliphatic rings. The number of rotatable bonds is 9. The van der Waals surface area contributed by atoms with Crippen molar-refractivity contribution in [1.29, 1.82) is 5.26 Å². The van der Waals surface area contributed by atoms with E-state index >= 15 is 0 Å². The number of amides is 1. The number of halogens is 1. The Morgan fingerprint density at radius 2 is 1.66 bits per heavy atom. The predicted octanol–water partition coefficient (Wildman–Crippen LogP) is 4.93. The first-order valence-electron chi connectivity index (χ1n) is 10.3. The fourth-order valence-electron chi connectivity index (χ4n) is 3.32. The van der Waals surface area contributed by atoms with Gasteiger partial charge in [0.2, 0.25) is 5.91 Å². The zero-order valence-electron chi connectivity index (χ0n) is 17.8. The van der Waals surface area contributed by atoms with Gasteiger partial charge in [-0.15, -0.1) is 0 Å². The van der Waals surface area contributed by atoms with Crippen LogP contribution in [0.4, 0.5) is 10.1 Å². The molecule has 162 valence electrons. The lowest BCUT2D eigenvalue weighted by atomic mass is 10.1. The van der Waals surface area contributed by atoms with E-state index in [9.17, 15) is 14.0 Å². The van der Waals surface area contributed by atoms with Crippen LogP contribution in [0, 0.1) is 17.1 Å². The monoisotopic (exact) mass is 429 g/mol. The molecule has 0 fully saturated rings. The summed E-state index contributed by atoms with van der Waals surface area (Å²) in [5.41, 5.74) is 3.62. The highest BCUT2D eigenvalue weighted by atomic mass is 19.1. The smallest absolute Gasteiger partial charge is 0.225 e. The fourth-order valence-corrected chi connectivity index (χ4v) is 3.32. The van der Waals surface area contributed by atoms with Crippen molar-refractivity contribution in [2.45, 2.75) is 26.4 Å². The van der Waals surface area contributed by atoms with E-state index in [1.807, 2.05) is 18.2 Å². The minimum atomic E-state index is -0.299. The second-order valence-corrected chi connectivity index (χ2v) is 7.58. The van der Waals surface area contributed by atoms with Crippen LogP contribution in [-0.2, 0) is 17.9 Å². The van der Waals surface area contributed by atoms with Crippen LogP contribution in [-0.4, -0.2) is 23.1 Å². The van der Waals surface area contributed by atoms with Crippen molar-refractivity contribution in [3.63, 3.8) is 0 Å². The highest BCUT2D eigenvalue weighted by Crippen LogP contribution is 2.14. The number of hydrogen-bond donors (Lipinski definition) is 1. The van der Waals surface area contributed by atoms with Crippen LogP contribution in [0.1, 0.15) is 40.4 Å². The number of nitrogens with one attached hydrogen (secondary N) is 1. The van der Waals surface area contributed by atoms with Crippen LogP contribution >= 0.6 is 0 Å². The van der Waals surface area contributed by atoms with Gasteiger partial charge in [-0.1, -0.05) is 24.3 Å². The maximum absolute atomic E-state index is 13.6. The molecular formula is C26H24FN3O2. The van der Waals surface area contributed by atoms with Gasteiger partial charge < -0.3 is 5.32 Å². The molecule has 0 heterocycles. The summed E-state index contributed by atoms with van der Waals surface area (Å²) in [7, 11) is 0. The van der Waals surface area contributed by atoms with Crippen LogP contribution in [0.3, 0.4) is 0 Å². The quantitative estimate of drug-likeness (QED) is 0.490. The Labute approximate surface area is 187 Å². The topological polar surface area (TPSA) is 73.2 Å². The minimum Gasteiger partial charge on any atom is -0.326 e. The van der Waals surface area contributed by atoms with E-state index in [1.165, 1.54) is 19.1 Å². The van der Waals surface area contributed by atoms with Gasteiger partial charge in [-0.05, 0) is 66.6 Å². The van der Waals surface area contributed by atoms with Crippen molar-refractivity contribution in [3.8, 4) is 6.07 Å². The van der Waals surface area contributed by atoms with Gasteiger partial charge in [0, 0.05) is 37.3 Å². The highest BCUT2D eigenvalue weighted by molar-refractivity contribution is 5.95. The molecule has 1 N–H and O–H groups in total. The molecule has 0 aromatic heterocycles. The zero-order valence-corrected chi connectivity index (χ0v) is 17.8. The summed E-state index contributed by atoms with van der Waals surface area (Å²) in [4.78, 5) is 25.9. The molecule has 0 unspecified atom stereocenters. The van der Waals surface area contributed by atoms with Crippen LogP contribution in [0.15, 0.2) is 72.8 Å². The number of ketones is 1. The Hall–Kier alpha value is -3.82. The number of hydrogen-bond acceptors (Lipinski definition) is 4. The molecule has 0 aliphatic heterocycles. The Bertz CT molecular complexity index is 1120. The van der Waals surface area contributed by atoms with Crippen LogP contribution in [0.25, 0.3) is 0 Å². The summed E-state index contributed by atoms with van der Waals surface area (Å²) < 4.78 is 13.6. The van der Waals surface area contributed by atoms with Crippen molar-refractivity contribution in [2.75, 3.05) is 11.9 Å². The number of carbonyl (C=O) groups is 2. The molecule has 0 radical (unpaired) electrons. The second-order valence-electron chi connectivity index (χ2n) is 7.58. The van der Waals surface area contributed by atoms with Crippen LogP contribution < -0.4 is 5.32 Å². The Kier molecular flexibility index (Phi) is 7.85. The summed E-state index contributed by atoms with van der Waals surface area (Å²) in [6.07, 6.45) is 0.250. The van der Waals surface area contributed by atoms with E-state index < -0.39 is 0 Å². The minimum absolute atomic E-state index is 0.0290. The summed E-state index contributed by atoms with van der Waals surface area (Å²) >= 11 is 0. The number of carbonyl (C=O) groups excluding carboxylic acids is 2. The predicted molar refractivity (Wildman–Crippen MR) is 121 cm³/mol. The Morgan fingerprint density at radius 1 is 0.969 bits per heavy atom. The summed E-state index contributed by atoms with van der Waals surface area (Å²) in [6.45, 7) is 3.00. The molecule has 0 bridgehead atoms. The maximum atomic E-state index is 13.6. The molecule has 6 heteroatoms.